The van der Waals surface area contributed by atoms with Crippen molar-refractivity contribution in [2.24, 2.45) is 0 Å². The van der Waals surface area contributed by atoms with Crippen LogP contribution >= 0.6 is 0 Å². The molecular formula is C16H12N4. The second kappa shape index (κ2) is 4.35. The second-order valence-electron chi connectivity index (χ2n) is 4.58. The van der Waals surface area contributed by atoms with Gasteiger partial charge in [0.05, 0.1) is 5.69 Å². The Kier molecular flexibility index (Phi) is 2.39. The second-order valence-corrected chi connectivity index (χ2v) is 4.58. The Morgan fingerprint density at radius 1 is 0.950 bits per heavy atom. The minimum absolute atomic E-state index is 0.845. The molecule has 0 aliphatic heterocycles. The quantitative estimate of drug-likeness (QED) is 0.600. The fourth-order valence-electron chi connectivity index (χ4n) is 2.47. The summed E-state index contributed by atoms with van der Waals surface area (Å²) in [4.78, 5) is 4.49. The molecule has 4 heteroatoms. The highest BCUT2D eigenvalue weighted by atomic mass is 15.2. The number of fused-ring (bicyclic) bond motifs is 1. The van der Waals surface area contributed by atoms with Crippen LogP contribution in [0.5, 0.6) is 0 Å². The molecule has 3 aromatic heterocycles. The zero-order valence-electron chi connectivity index (χ0n) is 10.7. The molecule has 0 spiro atoms. The third-order valence-electron chi connectivity index (χ3n) is 3.35. The van der Waals surface area contributed by atoms with Crippen LogP contribution in [0.4, 0.5) is 0 Å². The van der Waals surface area contributed by atoms with Gasteiger partial charge in [-0.05, 0) is 23.8 Å². The van der Waals surface area contributed by atoms with Gasteiger partial charge < -0.3 is 0 Å². The van der Waals surface area contributed by atoms with E-state index in [1.807, 2.05) is 36.5 Å². The molecule has 4 nitrogen and oxygen atoms in total. The Balaban J connectivity index is 2.08. The SMILES string of the molecule is c1ccc(-c2cc3cccnc3n2-c2cc[nH]n2)cc1. The number of pyridine rings is 1. The lowest BCUT2D eigenvalue weighted by Crippen LogP contribution is -1.98. The fraction of sp³-hybridized carbons (Fsp3) is 0. The van der Waals surface area contributed by atoms with Crippen LogP contribution < -0.4 is 0 Å². The molecule has 20 heavy (non-hydrogen) atoms. The first kappa shape index (κ1) is 11.0. The molecule has 0 unspecified atom stereocenters. The zero-order valence-corrected chi connectivity index (χ0v) is 10.7. The number of nitrogens with zero attached hydrogens (tertiary/aromatic N) is 3. The van der Waals surface area contributed by atoms with Crippen molar-refractivity contribution in [3.05, 3.63) is 67.0 Å². The van der Waals surface area contributed by atoms with Crippen molar-refractivity contribution in [2.75, 3.05) is 0 Å². The van der Waals surface area contributed by atoms with E-state index >= 15 is 0 Å². The van der Waals surface area contributed by atoms with Crippen molar-refractivity contribution in [3.8, 4) is 17.1 Å². The minimum Gasteiger partial charge on any atom is -0.284 e. The van der Waals surface area contributed by atoms with Crippen LogP contribution in [0.2, 0.25) is 0 Å². The van der Waals surface area contributed by atoms with E-state index in [0.717, 1.165) is 28.1 Å². The lowest BCUT2D eigenvalue weighted by atomic mass is 10.1. The number of hydrogen-bond acceptors (Lipinski definition) is 2. The normalized spacial score (nSPS) is 11.0. The van der Waals surface area contributed by atoms with E-state index in [9.17, 15) is 0 Å². The molecular weight excluding hydrogens is 248 g/mol. The van der Waals surface area contributed by atoms with Crippen LogP contribution in [0, 0.1) is 0 Å². The van der Waals surface area contributed by atoms with E-state index in [0.29, 0.717) is 0 Å². The molecule has 0 aliphatic carbocycles. The van der Waals surface area contributed by atoms with E-state index in [4.69, 9.17) is 0 Å². The predicted octanol–water partition coefficient (Wildman–Crippen LogP) is 3.42. The summed E-state index contributed by atoms with van der Waals surface area (Å²) < 4.78 is 2.07. The Morgan fingerprint density at radius 3 is 2.65 bits per heavy atom. The topological polar surface area (TPSA) is 46.5 Å². The molecule has 0 aliphatic rings. The number of rotatable bonds is 2. The number of H-pyrrole nitrogens is 1. The van der Waals surface area contributed by atoms with Gasteiger partial charge in [0.1, 0.15) is 5.65 Å². The maximum absolute atomic E-state index is 4.49. The smallest absolute Gasteiger partial charge is 0.160 e. The molecule has 1 aromatic carbocycles. The molecule has 96 valence electrons. The molecule has 0 fully saturated rings. The maximum Gasteiger partial charge on any atom is 0.160 e. The summed E-state index contributed by atoms with van der Waals surface area (Å²) in [5.74, 6) is 0.845. The van der Waals surface area contributed by atoms with Crippen LogP contribution in [0.25, 0.3) is 28.1 Å². The lowest BCUT2D eigenvalue weighted by molar-refractivity contribution is 0.981. The number of aromatic nitrogens is 4. The molecule has 4 rings (SSSR count). The molecule has 0 amide bonds. The number of nitrogens with one attached hydrogen (secondary N) is 1. The average Bonchev–Trinajstić information content (AvgIpc) is 3.14. The first-order valence-electron chi connectivity index (χ1n) is 6.45. The first-order valence-corrected chi connectivity index (χ1v) is 6.45. The van der Waals surface area contributed by atoms with Gasteiger partial charge in [0, 0.05) is 23.8 Å². The van der Waals surface area contributed by atoms with Crippen molar-refractivity contribution in [3.63, 3.8) is 0 Å². The van der Waals surface area contributed by atoms with Crippen molar-refractivity contribution in [2.45, 2.75) is 0 Å². The highest BCUT2D eigenvalue weighted by molar-refractivity contribution is 5.86. The number of benzene rings is 1. The van der Waals surface area contributed by atoms with Gasteiger partial charge >= 0.3 is 0 Å². The van der Waals surface area contributed by atoms with Crippen molar-refractivity contribution < 1.29 is 0 Å². The van der Waals surface area contributed by atoms with Gasteiger partial charge in [-0.25, -0.2) is 4.98 Å². The summed E-state index contributed by atoms with van der Waals surface area (Å²) in [5.41, 5.74) is 3.15. The molecule has 4 aromatic rings. The van der Waals surface area contributed by atoms with Crippen LogP contribution in [-0.4, -0.2) is 19.7 Å². The van der Waals surface area contributed by atoms with Gasteiger partial charge in [0.15, 0.2) is 5.82 Å². The summed E-state index contributed by atoms with van der Waals surface area (Å²) in [5, 5.41) is 8.26. The van der Waals surface area contributed by atoms with Crippen LogP contribution in [-0.2, 0) is 0 Å². The molecule has 0 radical (unpaired) electrons. The molecule has 0 atom stereocenters. The number of aromatic amines is 1. The monoisotopic (exact) mass is 260 g/mol. The largest absolute Gasteiger partial charge is 0.284 e. The molecule has 3 heterocycles. The van der Waals surface area contributed by atoms with Crippen LogP contribution in [0.1, 0.15) is 0 Å². The van der Waals surface area contributed by atoms with Crippen molar-refractivity contribution in [1.82, 2.24) is 19.7 Å². The van der Waals surface area contributed by atoms with Gasteiger partial charge in [-0.15, -0.1) is 0 Å². The fourth-order valence-corrected chi connectivity index (χ4v) is 2.47. The van der Waals surface area contributed by atoms with E-state index in [1.165, 1.54) is 0 Å². The van der Waals surface area contributed by atoms with Crippen molar-refractivity contribution in [1.29, 1.82) is 0 Å². The highest BCUT2D eigenvalue weighted by Crippen LogP contribution is 2.29. The standard InChI is InChI=1S/C16H12N4/c1-2-5-12(6-3-1)14-11-13-7-4-9-17-16(13)20(14)15-8-10-18-19-15/h1-11H,(H,18,19). The maximum atomic E-state index is 4.49. The highest BCUT2D eigenvalue weighted by Gasteiger charge is 2.13. The Labute approximate surface area is 115 Å². The lowest BCUT2D eigenvalue weighted by Gasteiger charge is -2.06. The van der Waals surface area contributed by atoms with Gasteiger partial charge in [0.25, 0.3) is 0 Å². The summed E-state index contributed by atoms with van der Waals surface area (Å²) in [7, 11) is 0. The third-order valence-corrected chi connectivity index (χ3v) is 3.35. The van der Waals surface area contributed by atoms with Crippen LogP contribution in [0.15, 0.2) is 67.0 Å². The summed E-state index contributed by atoms with van der Waals surface area (Å²) in [6, 6.07) is 18.4. The van der Waals surface area contributed by atoms with Gasteiger partial charge in [-0.2, -0.15) is 5.10 Å². The Morgan fingerprint density at radius 2 is 1.85 bits per heavy atom. The molecule has 0 bridgehead atoms. The predicted molar refractivity (Wildman–Crippen MR) is 78.7 cm³/mol. The average molecular weight is 260 g/mol. The van der Waals surface area contributed by atoms with E-state index in [-0.39, 0.29) is 0 Å². The first-order chi connectivity index (χ1) is 9.93. The van der Waals surface area contributed by atoms with Crippen LogP contribution in [0.3, 0.4) is 0 Å². The molecule has 0 saturated heterocycles. The summed E-state index contributed by atoms with van der Waals surface area (Å²) >= 11 is 0. The molecule has 0 saturated carbocycles. The Bertz CT molecular complexity index is 845. The zero-order chi connectivity index (χ0) is 13.4. The molecule has 1 N–H and O–H groups in total. The van der Waals surface area contributed by atoms with Gasteiger partial charge in [-0.3, -0.25) is 9.67 Å². The van der Waals surface area contributed by atoms with Gasteiger partial charge in [0.2, 0.25) is 0 Å². The van der Waals surface area contributed by atoms with E-state index in [2.05, 4.69) is 44.0 Å². The minimum atomic E-state index is 0.845. The third kappa shape index (κ3) is 1.62. The van der Waals surface area contributed by atoms with Gasteiger partial charge in [-0.1, -0.05) is 30.3 Å². The Hall–Kier alpha value is -2.88. The number of hydrogen-bond donors (Lipinski definition) is 1. The van der Waals surface area contributed by atoms with Crippen molar-refractivity contribution >= 4 is 11.0 Å². The summed E-state index contributed by atoms with van der Waals surface area (Å²) in [6.07, 6.45) is 3.62. The van der Waals surface area contributed by atoms with E-state index < -0.39 is 0 Å². The summed E-state index contributed by atoms with van der Waals surface area (Å²) in [6.45, 7) is 0. The van der Waals surface area contributed by atoms with E-state index in [1.54, 1.807) is 6.20 Å².